The standard InChI is InChI=1S/C21H15BrN6O5/c1-32-15-7-3-2-5-13(15)20(29)27-26-19-18(28(30)31)21(25-11-24-19)33-16-9-8-14(22)12-6-4-10-23-17(12)16/h2-11H,1H3,(H,27,29)(H,24,25,26). The molecule has 4 rings (SSSR count). The van der Waals surface area contributed by atoms with Crippen molar-refractivity contribution in [2.24, 2.45) is 0 Å². The number of aromatic nitrogens is 3. The third-order valence-corrected chi connectivity index (χ3v) is 5.19. The molecule has 166 valence electrons. The monoisotopic (exact) mass is 510 g/mol. The predicted molar refractivity (Wildman–Crippen MR) is 122 cm³/mol. The molecule has 0 radical (unpaired) electrons. The maximum Gasteiger partial charge on any atom is 0.374 e. The maximum absolute atomic E-state index is 12.5. The molecule has 0 atom stereocenters. The second-order valence-corrected chi connectivity index (χ2v) is 7.31. The number of nitro groups is 1. The highest BCUT2D eigenvalue weighted by molar-refractivity contribution is 9.10. The van der Waals surface area contributed by atoms with Gasteiger partial charge in [0.05, 0.1) is 17.6 Å². The number of hydrazine groups is 1. The lowest BCUT2D eigenvalue weighted by atomic mass is 10.2. The fourth-order valence-electron chi connectivity index (χ4n) is 3.01. The van der Waals surface area contributed by atoms with Crippen LogP contribution in [0.4, 0.5) is 11.5 Å². The zero-order valence-corrected chi connectivity index (χ0v) is 18.6. The molecule has 11 nitrogen and oxygen atoms in total. The SMILES string of the molecule is COc1ccccc1C(=O)NNc1ncnc(Oc2ccc(Br)c3cccnc23)c1[N+](=O)[O-]. The molecule has 0 saturated carbocycles. The Kier molecular flexibility index (Phi) is 6.26. The number of carbonyl (C=O) groups excluding carboxylic acids is 1. The normalized spacial score (nSPS) is 10.5. The second kappa shape index (κ2) is 9.44. The first-order valence-electron chi connectivity index (χ1n) is 9.39. The van der Waals surface area contributed by atoms with E-state index in [-0.39, 0.29) is 23.0 Å². The van der Waals surface area contributed by atoms with Crippen LogP contribution in [0.15, 0.2) is 65.5 Å². The first-order chi connectivity index (χ1) is 16.0. The largest absolute Gasteiger partial charge is 0.496 e. The average Bonchev–Trinajstić information content (AvgIpc) is 2.84. The fraction of sp³-hybridized carbons (Fsp3) is 0.0476. The number of hydrogen-bond donors (Lipinski definition) is 2. The molecule has 33 heavy (non-hydrogen) atoms. The average molecular weight is 511 g/mol. The van der Waals surface area contributed by atoms with Gasteiger partial charge in [-0.05, 0) is 30.3 Å². The van der Waals surface area contributed by atoms with Crippen LogP contribution < -0.4 is 20.3 Å². The summed E-state index contributed by atoms with van der Waals surface area (Å²) in [6, 6.07) is 13.5. The number of fused-ring (bicyclic) bond motifs is 1. The third-order valence-electron chi connectivity index (χ3n) is 4.50. The maximum atomic E-state index is 12.5. The van der Waals surface area contributed by atoms with Crippen LogP contribution in [0.2, 0.25) is 0 Å². The van der Waals surface area contributed by atoms with E-state index < -0.39 is 16.5 Å². The molecule has 12 heteroatoms. The van der Waals surface area contributed by atoms with E-state index in [0.717, 1.165) is 16.2 Å². The minimum atomic E-state index is -0.707. The van der Waals surface area contributed by atoms with Crippen molar-refractivity contribution < 1.29 is 19.2 Å². The summed E-state index contributed by atoms with van der Waals surface area (Å²) in [4.78, 5) is 35.7. The number of amides is 1. The third kappa shape index (κ3) is 4.50. The number of anilines is 1. The Morgan fingerprint density at radius 1 is 1.06 bits per heavy atom. The Balaban J connectivity index is 1.64. The van der Waals surface area contributed by atoms with Crippen LogP contribution in [0, 0.1) is 10.1 Å². The number of rotatable bonds is 7. The van der Waals surface area contributed by atoms with E-state index in [4.69, 9.17) is 9.47 Å². The van der Waals surface area contributed by atoms with Crippen molar-refractivity contribution in [2.45, 2.75) is 0 Å². The van der Waals surface area contributed by atoms with Gasteiger partial charge in [0, 0.05) is 16.1 Å². The molecule has 0 aliphatic heterocycles. The number of nitrogens with one attached hydrogen (secondary N) is 2. The minimum absolute atomic E-state index is 0.230. The molecule has 0 fully saturated rings. The van der Waals surface area contributed by atoms with E-state index in [1.165, 1.54) is 7.11 Å². The summed E-state index contributed by atoms with van der Waals surface area (Å²) in [7, 11) is 1.43. The van der Waals surface area contributed by atoms with Crippen molar-refractivity contribution in [3.05, 3.63) is 81.2 Å². The fourth-order valence-corrected chi connectivity index (χ4v) is 3.46. The number of benzene rings is 2. The number of halogens is 1. The number of pyridine rings is 1. The number of methoxy groups -OCH3 is 1. The topological polar surface area (TPSA) is 141 Å². The zero-order valence-electron chi connectivity index (χ0n) is 17.0. The molecule has 1 amide bonds. The van der Waals surface area contributed by atoms with E-state index in [9.17, 15) is 14.9 Å². The number of carbonyl (C=O) groups is 1. The summed E-state index contributed by atoms with van der Waals surface area (Å²) >= 11 is 3.44. The van der Waals surface area contributed by atoms with E-state index in [1.54, 1.807) is 48.7 Å². The van der Waals surface area contributed by atoms with Crippen molar-refractivity contribution in [1.29, 1.82) is 0 Å². The Labute approximate surface area is 195 Å². The van der Waals surface area contributed by atoms with Gasteiger partial charge in [0.25, 0.3) is 5.91 Å². The summed E-state index contributed by atoms with van der Waals surface area (Å²) in [6.45, 7) is 0. The molecule has 0 saturated heterocycles. The minimum Gasteiger partial charge on any atom is -0.496 e. The molecular weight excluding hydrogens is 496 g/mol. The van der Waals surface area contributed by atoms with Gasteiger partial charge in [0.1, 0.15) is 17.6 Å². The summed E-state index contributed by atoms with van der Waals surface area (Å²) in [6.07, 6.45) is 2.66. The Morgan fingerprint density at radius 3 is 2.67 bits per heavy atom. The van der Waals surface area contributed by atoms with Crippen LogP contribution in [0.5, 0.6) is 17.4 Å². The van der Waals surface area contributed by atoms with Gasteiger partial charge < -0.3 is 9.47 Å². The van der Waals surface area contributed by atoms with Crippen LogP contribution in [0.25, 0.3) is 10.9 Å². The van der Waals surface area contributed by atoms with E-state index in [0.29, 0.717) is 11.3 Å². The van der Waals surface area contributed by atoms with Gasteiger partial charge in [-0.15, -0.1) is 0 Å². The molecule has 2 N–H and O–H groups in total. The summed E-state index contributed by atoms with van der Waals surface area (Å²) < 4.78 is 11.7. The highest BCUT2D eigenvalue weighted by Crippen LogP contribution is 2.37. The molecule has 0 aliphatic carbocycles. The molecule has 2 aromatic heterocycles. The molecule has 4 aromatic rings. The summed E-state index contributed by atoms with van der Waals surface area (Å²) in [5.74, 6) is -0.556. The molecule has 0 unspecified atom stereocenters. The molecular formula is C21H15BrN6O5. The Hall–Kier alpha value is -4.32. The predicted octanol–water partition coefficient (Wildman–Crippen LogP) is 4.25. The lowest BCUT2D eigenvalue weighted by Gasteiger charge is -2.12. The lowest BCUT2D eigenvalue weighted by Crippen LogP contribution is -2.30. The van der Waals surface area contributed by atoms with Gasteiger partial charge >= 0.3 is 11.6 Å². The van der Waals surface area contributed by atoms with Crippen LogP contribution in [-0.2, 0) is 0 Å². The highest BCUT2D eigenvalue weighted by Gasteiger charge is 2.26. The number of hydrogen-bond acceptors (Lipinski definition) is 9. The van der Waals surface area contributed by atoms with Crippen LogP contribution in [0.1, 0.15) is 10.4 Å². The van der Waals surface area contributed by atoms with Gasteiger partial charge in [-0.3, -0.25) is 30.7 Å². The highest BCUT2D eigenvalue weighted by atomic mass is 79.9. The number of ether oxygens (including phenoxy) is 2. The summed E-state index contributed by atoms with van der Waals surface area (Å²) in [5.41, 5.74) is 4.99. The Bertz CT molecular complexity index is 1370. The second-order valence-electron chi connectivity index (χ2n) is 6.46. The van der Waals surface area contributed by atoms with Crippen LogP contribution in [-0.4, -0.2) is 32.9 Å². The number of nitrogens with zero attached hydrogens (tertiary/aromatic N) is 4. The van der Waals surface area contributed by atoms with Gasteiger partial charge in [-0.25, -0.2) is 4.98 Å². The van der Waals surface area contributed by atoms with E-state index in [2.05, 4.69) is 41.7 Å². The van der Waals surface area contributed by atoms with Gasteiger partial charge in [-0.2, -0.15) is 4.98 Å². The van der Waals surface area contributed by atoms with Gasteiger partial charge in [0.15, 0.2) is 5.75 Å². The van der Waals surface area contributed by atoms with Crippen molar-refractivity contribution in [2.75, 3.05) is 12.5 Å². The van der Waals surface area contributed by atoms with Crippen molar-refractivity contribution in [3.63, 3.8) is 0 Å². The zero-order chi connectivity index (χ0) is 23.4. The van der Waals surface area contributed by atoms with Crippen LogP contribution in [0.3, 0.4) is 0 Å². The molecule has 0 bridgehead atoms. The summed E-state index contributed by atoms with van der Waals surface area (Å²) in [5, 5.41) is 12.6. The lowest BCUT2D eigenvalue weighted by molar-refractivity contribution is -0.385. The van der Waals surface area contributed by atoms with Gasteiger partial charge in [0.2, 0.25) is 5.82 Å². The van der Waals surface area contributed by atoms with E-state index in [1.807, 2.05) is 6.07 Å². The molecule has 2 heterocycles. The van der Waals surface area contributed by atoms with Gasteiger partial charge in [-0.1, -0.05) is 34.1 Å². The molecule has 0 aliphatic rings. The number of para-hydroxylation sites is 1. The van der Waals surface area contributed by atoms with Crippen LogP contribution >= 0.6 is 15.9 Å². The van der Waals surface area contributed by atoms with Crippen molar-refractivity contribution in [3.8, 4) is 17.4 Å². The first-order valence-corrected chi connectivity index (χ1v) is 10.2. The smallest absolute Gasteiger partial charge is 0.374 e. The first kappa shape index (κ1) is 21.9. The molecule has 0 spiro atoms. The molecule has 2 aromatic carbocycles. The van der Waals surface area contributed by atoms with Crippen molar-refractivity contribution in [1.82, 2.24) is 20.4 Å². The quantitative estimate of drug-likeness (QED) is 0.275. The van der Waals surface area contributed by atoms with E-state index >= 15 is 0 Å². The van der Waals surface area contributed by atoms with Crippen molar-refractivity contribution >= 4 is 44.2 Å². The Morgan fingerprint density at radius 2 is 1.88 bits per heavy atom.